The van der Waals surface area contributed by atoms with E-state index in [0.717, 1.165) is 35.5 Å². The maximum absolute atomic E-state index is 13.5. The predicted molar refractivity (Wildman–Crippen MR) is 126 cm³/mol. The van der Waals surface area contributed by atoms with Gasteiger partial charge in [0.2, 0.25) is 5.91 Å². The summed E-state index contributed by atoms with van der Waals surface area (Å²) < 4.78 is 10.9. The number of hydrogen-bond donors (Lipinski definition) is 1. The second-order valence-corrected chi connectivity index (χ2v) is 7.94. The molecule has 0 bridgehead atoms. The van der Waals surface area contributed by atoms with Crippen LogP contribution < -0.4 is 10.1 Å². The smallest absolute Gasteiger partial charge is 0.232 e. The lowest BCUT2D eigenvalue weighted by atomic mass is 9.90. The van der Waals surface area contributed by atoms with Crippen LogP contribution in [0.5, 0.6) is 5.75 Å². The zero-order chi connectivity index (χ0) is 22.2. The Kier molecular flexibility index (Phi) is 7.54. The fraction of sp³-hybridized carbons (Fsp3) is 0.296. The van der Waals surface area contributed by atoms with Crippen molar-refractivity contribution in [2.45, 2.75) is 12.0 Å². The van der Waals surface area contributed by atoms with E-state index in [0.29, 0.717) is 19.8 Å². The molecule has 32 heavy (non-hydrogen) atoms. The van der Waals surface area contributed by atoms with Gasteiger partial charge in [0.05, 0.1) is 32.3 Å². The average molecular weight is 431 g/mol. The SMILES string of the molecule is COc1ccc([C@H](CNC(=O)C(c2ccccc2)c2ccccc2)N2CCOCC2)cc1. The number of ether oxygens (including phenoxy) is 2. The lowest BCUT2D eigenvalue weighted by molar-refractivity contribution is -0.122. The lowest BCUT2D eigenvalue weighted by Gasteiger charge is -2.35. The predicted octanol–water partition coefficient (Wildman–Crippen LogP) is 4.02. The molecule has 0 saturated carbocycles. The Balaban J connectivity index is 1.55. The minimum absolute atomic E-state index is 0.00849. The summed E-state index contributed by atoms with van der Waals surface area (Å²) in [5.41, 5.74) is 3.14. The highest BCUT2D eigenvalue weighted by molar-refractivity contribution is 5.87. The maximum Gasteiger partial charge on any atom is 0.232 e. The standard InChI is InChI=1S/C27H30N2O3/c1-31-24-14-12-21(13-15-24)25(29-16-18-32-19-17-29)20-28-27(30)26(22-8-4-2-5-9-22)23-10-6-3-7-11-23/h2-15,25-26H,16-20H2,1H3,(H,28,30)/t25-/m0/s1. The van der Waals surface area contributed by atoms with Crippen molar-refractivity contribution in [2.75, 3.05) is 40.0 Å². The van der Waals surface area contributed by atoms with Crippen LogP contribution in [0, 0.1) is 0 Å². The maximum atomic E-state index is 13.5. The van der Waals surface area contributed by atoms with E-state index in [-0.39, 0.29) is 17.9 Å². The Morgan fingerprint density at radius 1 is 0.875 bits per heavy atom. The molecule has 0 spiro atoms. The monoisotopic (exact) mass is 430 g/mol. The summed E-state index contributed by atoms with van der Waals surface area (Å²) in [6, 6.07) is 28.1. The van der Waals surface area contributed by atoms with E-state index in [1.54, 1.807) is 7.11 Å². The van der Waals surface area contributed by atoms with Gasteiger partial charge in [0.25, 0.3) is 0 Å². The van der Waals surface area contributed by atoms with Gasteiger partial charge in [-0.3, -0.25) is 9.69 Å². The Hall–Kier alpha value is -3.15. The molecule has 1 aliphatic rings. The summed E-state index contributed by atoms with van der Waals surface area (Å²) in [6.07, 6.45) is 0. The van der Waals surface area contributed by atoms with E-state index in [4.69, 9.17) is 9.47 Å². The van der Waals surface area contributed by atoms with Crippen molar-refractivity contribution < 1.29 is 14.3 Å². The van der Waals surface area contributed by atoms with Gasteiger partial charge in [-0.2, -0.15) is 0 Å². The molecule has 0 radical (unpaired) electrons. The molecule has 1 N–H and O–H groups in total. The fourth-order valence-electron chi connectivity index (χ4n) is 4.26. The first-order valence-electron chi connectivity index (χ1n) is 11.1. The highest BCUT2D eigenvalue weighted by Crippen LogP contribution is 2.27. The second kappa shape index (κ2) is 10.9. The number of hydrogen-bond acceptors (Lipinski definition) is 4. The molecular formula is C27H30N2O3. The van der Waals surface area contributed by atoms with Crippen LogP contribution in [0.25, 0.3) is 0 Å². The molecule has 3 aromatic rings. The Bertz CT molecular complexity index is 931. The topological polar surface area (TPSA) is 50.8 Å². The molecule has 1 amide bonds. The van der Waals surface area contributed by atoms with Gasteiger partial charge in [0.15, 0.2) is 0 Å². The molecule has 0 unspecified atom stereocenters. The highest BCUT2D eigenvalue weighted by Gasteiger charge is 2.26. The third-order valence-electron chi connectivity index (χ3n) is 5.98. The molecule has 4 rings (SSSR count). The van der Waals surface area contributed by atoms with Crippen molar-refractivity contribution >= 4 is 5.91 Å². The van der Waals surface area contributed by atoms with E-state index in [9.17, 15) is 4.79 Å². The molecule has 1 saturated heterocycles. The van der Waals surface area contributed by atoms with Crippen molar-refractivity contribution in [3.8, 4) is 5.75 Å². The molecule has 1 heterocycles. The first-order valence-corrected chi connectivity index (χ1v) is 11.1. The molecule has 5 nitrogen and oxygen atoms in total. The number of nitrogens with zero attached hydrogens (tertiary/aromatic N) is 1. The van der Waals surface area contributed by atoms with Crippen LogP contribution in [-0.4, -0.2) is 50.8 Å². The first kappa shape index (κ1) is 22.1. The Morgan fingerprint density at radius 2 is 1.44 bits per heavy atom. The number of methoxy groups -OCH3 is 1. The summed E-state index contributed by atoms with van der Waals surface area (Å²) >= 11 is 0. The van der Waals surface area contributed by atoms with Gasteiger partial charge in [-0.25, -0.2) is 0 Å². The Labute approximate surface area is 190 Å². The van der Waals surface area contributed by atoms with Crippen LogP contribution in [0.3, 0.4) is 0 Å². The summed E-state index contributed by atoms with van der Waals surface area (Å²) in [6.45, 7) is 3.62. The number of carbonyl (C=O) groups is 1. The Morgan fingerprint density at radius 3 is 1.97 bits per heavy atom. The number of benzene rings is 3. The van der Waals surface area contributed by atoms with Gasteiger partial charge in [-0.05, 0) is 28.8 Å². The van der Waals surface area contributed by atoms with Crippen LogP contribution in [0.15, 0.2) is 84.9 Å². The molecule has 5 heteroatoms. The van der Waals surface area contributed by atoms with Crippen molar-refractivity contribution in [3.63, 3.8) is 0 Å². The van der Waals surface area contributed by atoms with E-state index in [1.807, 2.05) is 72.8 Å². The lowest BCUT2D eigenvalue weighted by Crippen LogP contribution is -2.44. The van der Waals surface area contributed by atoms with Gasteiger partial charge in [-0.15, -0.1) is 0 Å². The van der Waals surface area contributed by atoms with Crippen LogP contribution >= 0.6 is 0 Å². The number of morpholine rings is 1. The minimum atomic E-state index is -0.349. The molecule has 1 fully saturated rings. The van der Waals surface area contributed by atoms with Gasteiger partial charge in [-0.1, -0.05) is 72.8 Å². The zero-order valence-corrected chi connectivity index (χ0v) is 18.4. The van der Waals surface area contributed by atoms with Crippen LogP contribution in [0.4, 0.5) is 0 Å². The molecule has 0 aliphatic carbocycles. The molecule has 3 aromatic carbocycles. The third-order valence-corrected chi connectivity index (χ3v) is 5.98. The molecule has 1 aliphatic heterocycles. The average Bonchev–Trinajstić information content (AvgIpc) is 2.87. The number of carbonyl (C=O) groups excluding carboxylic acids is 1. The van der Waals surface area contributed by atoms with Crippen LogP contribution in [-0.2, 0) is 9.53 Å². The number of amides is 1. The van der Waals surface area contributed by atoms with Gasteiger partial charge in [0, 0.05) is 19.6 Å². The van der Waals surface area contributed by atoms with E-state index >= 15 is 0 Å². The normalized spacial score (nSPS) is 15.3. The van der Waals surface area contributed by atoms with Crippen molar-refractivity contribution in [3.05, 3.63) is 102 Å². The fourth-order valence-corrected chi connectivity index (χ4v) is 4.26. The highest BCUT2D eigenvalue weighted by atomic mass is 16.5. The third kappa shape index (κ3) is 5.36. The summed E-state index contributed by atoms with van der Waals surface area (Å²) in [5, 5.41) is 3.25. The quantitative estimate of drug-likeness (QED) is 0.587. The van der Waals surface area contributed by atoms with Crippen molar-refractivity contribution in [1.29, 1.82) is 0 Å². The molecule has 0 aromatic heterocycles. The summed E-state index contributed by atoms with van der Waals surface area (Å²) in [4.78, 5) is 15.9. The first-order chi connectivity index (χ1) is 15.8. The number of nitrogens with one attached hydrogen (secondary N) is 1. The molecule has 166 valence electrons. The summed E-state index contributed by atoms with van der Waals surface area (Å²) in [5.74, 6) is 0.486. The largest absolute Gasteiger partial charge is 0.497 e. The second-order valence-electron chi connectivity index (χ2n) is 7.94. The van der Waals surface area contributed by atoms with Gasteiger partial charge < -0.3 is 14.8 Å². The molecule has 1 atom stereocenters. The van der Waals surface area contributed by atoms with Gasteiger partial charge in [0.1, 0.15) is 5.75 Å². The minimum Gasteiger partial charge on any atom is -0.497 e. The number of rotatable bonds is 8. The van der Waals surface area contributed by atoms with E-state index in [2.05, 4.69) is 22.3 Å². The summed E-state index contributed by atoms with van der Waals surface area (Å²) in [7, 11) is 1.67. The van der Waals surface area contributed by atoms with Crippen molar-refractivity contribution in [1.82, 2.24) is 10.2 Å². The van der Waals surface area contributed by atoms with Crippen molar-refractivity contribution in [2.24, 2.45) is 0 Å². The zero-order valence-electron chi connectivity index (χ0n) is 18.4. The van der Waals surface area contributed by atoms with Crippen LogP contribution in [0.2, 0.25) is 0 Å². The van der Waals surface area contributed by atoms with Crippen LogP contribution in [0.1, 0.15) is 28.7 Å². The van der Waals surface area contributed by atoms with Gasteiger partial charge >= 0.3 is 0 Å². The van der Waals surface area contributed by atoms with E-state index in [1.165, 1.54) is 0 Å². The molecular weight excluding hydrogens is 400 g/mol. The van der Waals surface area contributed by atoms with E-state index < -0.39 is 0 Å².